The van der Waals surface area contributed by atoms with E-state index in [9.17, 15) is 0 Å². The summed E-state index contributed by atoms with van der Waals surface area (Å²) in [6.45, 7) is 7.33. The molecule has 0 aliphatic rings. The number of benzene rings is 1. The highest BCUT2D eigenvalue weighted by molar-refractivity contribution is 5.40. The third kappa shape index (κ3) is 7.15. The van der Waals surface area contributed by atoms with Crippen LogP contribution in [0.5, 0.6) is 0 Å². The maximum absolute atomic E-state index is 5.79. The molecule has 0 aromatic heterocycles. The van der Waals surface area contributed by atoms with E-state index in [0.717, 1.165) is 38.3 Å². The molecule has 0 heterocycles. The summed E-state index contributed by atoms with van der Waals surface area (Å²) in [5.74, 6) is 0. The molecule has 0 bridgehead atoms. The Bertz CT molecular complexity index is 345. The van der Waals surface area contributed by atoms with Crippen LogP contribution in [0.2, 0.25) is 0 Å². The number of methoxy groups -OCH3 is 1. The number of rotatable bonds is 10. The Balaban J connectivity index is 2.22. The Kier molecular flexibility index (Phi) is 8.21. The molecule has 0 aliphatic carbocycles. The minimum absolute atomic E-state index is 0.667. The Labute approximate surface area is 116 Å². The summed E-state index contributed by atoms with van der Waals surface area (Å²) in [5.41, 5.74) is 7.89. The quantitative estimate of drug-likeness (QED) is 0.521. The van der Waals surface area contributed by atoms with Crippen molar-refractivity contribution in [1.82, 2.24) is 4.90 Å². The zero-order valence-corrected chi connectivity index (χ0v) is 12.1. The van der Waals surface area contributed by atoms with Crippen LogP contribution in [0, 0.1) is 0 Å². The second kappa shape index (κ2) is 9.78. The van der Waals surface area contributed by atoms with E-state index in [4.69, 9.17) is 15.2 Å². The molecule has 1 aromatic rings. The Hall–Kier alpha value is -1.10. The minimum Gasteiger partial charge on any atom is -0.399 e. The Morgan fingerprint density at radius 1 is 1.21 bits per heavy atom. The molecule has 0 saturated heterocycles. The average Bonchev–Trinajstić information content (AvgIpc) is 2.41. The number of nitrogen functional groups attached to an aromatic ring is 1. The summed E-state index contributed by atoms with van der Waals surface area (Å²) in [6, 6.07) is 8.08. The van der Waals surface area contributed by atoms with Gasteiger partial charge < -0.3 is 15.2 Å². The lowest BCUT2D eigenvalue weighted by Gasteiger charge is -2.20. The monoisotopic (exact) mass is 266 g/mol. The third-order valence-electron chi connectivity index (χ3n) is 3.00. The lowest BCUT2D eigenvalue weighted by molar-refractivity contribution is 0.0651. The van der Waals surface area contributed by atoms with E-state index in [2.05, 4.69) is 17.9 Å². The van der Waals surface area contributed by atoms with Crippen molar-refractivity contribution >= 4 is 5.69 Å². The third-order valence-corrected chi connectivity index (χ3v) is 3.00. The number of nitrogens with two attached hydrogens (primary N) is 1. The number of hydrogen-bond donors (Lipinski definition) is 1. The van der Waals surface area contributed by atoms with Gasteiger partial charge in [0.25, 0.3) is 0 Å². The Morgan fingerprint density at radius 2 is 2.05 bits per heavy atom. The van der Waals surface area contributed by atoms with Gasteiger partial charge in [0.15, 0.2) is 0 Å². The van der Waals surface area contributed by atoms with Gasteiger partial charge in [-0.2, -0.15) is 0 Å². The highest BCUT2D eigenvalue weighted by Gasteiger charge is 2.03. The molecule has 1 aromatic carbocycles. The maximum atomic E-state index is 5.79. The van der Waals surface area contributed by atoms with Crippen molar-refractivity contribution < 1.29 is 9.47 Å². The number of ether oxygens (including phenoxy) is 2. The van der Waals surface area contributed by atoms with E-state index >= 15 is 0 Å². The zero-order chi connectivity index (χ0) is 13.9. The fourth-order valence-electron chi connectivity index (χ4n) is 1.93. The summed E-state index contributed by atoms with van der Waals surface area (Å²) in [6.07, 6.45) is 1.04. The van der Waals surface area contributed by atoms with Crippen molar-refractivity contribution in [3.05, 3.63) is 29.8 Å². The van der Waals surface area contributed by atoms with Crippen LogP contribution in [0.25, 0.3) is 0 Å². The van der Waals surface area contributed by atoms with Crippen molar-refractivity contribution in [2.45, 2.75) is 19.9 Å². The van der Waals surface area contributed by atoms with E-state index in [0.29, 0.717) is 13.2 Å². The highest BCUT2D eigenvalue weighted by Crippen LogP contribution is 2.09. The molecule has 0 radical (unpaired) electrons. The fourth-order valence-corrected chi connectivity index (χ4v) is 1.93. The predicted molar refractivity (Wildman–Crippen MR) is 79.1 cm³/mol. The minimum atomic E-state index is 0.667. The number of hydrogen-bond acceptors (Lipinski definition) is 4. The van der Waals surface area contributed by atoms with Gasteiger partial charge in [0.2, 0.25) is 0 Å². The summed E-state index contributed by atoms with van der Waals surface area (Å²) in [5, 5.41) is 0. The van der Waals surface area contributed by atoms with Crippen LogP contribution in [0.4, 0.5) is 5.69 Å². The van der Waals surface area contributed by atoms with E-state index in [-0.39, 0.29) is 0 Å². The van der Waals surface area contributed by atoms with Gasteiger partial charge in [-0.25, -0.2) is 0 Å². The van der Waals surface area contributed by atoms with Gasteiger partial charge in [0.1, 0.15) is 0 Å². The molecule has 1 rings (SSSR count). The molecule has 0 aliphatic heterocycles. The van der Waals surface area contributed by atoms with E-state index in [1.165, 1.54) is 5.56 Å². The molecule has 0 atom stereocenters. The van der Waals surface area contributed by atoms with Gasteiger partial charge in [-0.1, -0.05) is 19.1 Å². The standard InChI is InChI=1S/C15H26N2O2/c1-3-17(8-5-9-19-11-10-18-2)13-14-6-4-7-15(16)12-14/h4,6-7,12H,3,5,8-11,13,16H2,1-2H3. The normalized spacial score (nSPS) is 11.1. The van der Waals surface area contributed by atoms with Crippen LogP contribution in [-0.2, 0) is 16.0 Å². The van der Waals surface area contributed by atoms with Crippen molar-refractivity contribution in [3.8, 4) is 0 Å². The largest absolute Gasteiger partial charge is 0.399 e. The summed E-state index contributed by atoms with van der Waals surface area (Å²) >= 11 is 0. The van der Waals surface area contributed by atoms with Gasteiger partial charge in [-0.15, -0.1) is 0 Å². The first kappa shape index (κ1) is 16.0. The fraction of sp³-hybridized carbons (Fsp3) is 0.600. The molecule has 108 valence electrons. The maximum Gasteiger partial charge on any atom is 0.0700 e. The van der Waals surface area contributed by atoms with E-state index in [1.54, 1.807) is 7.11 Å². The topological polar surface area (TPSA) is 47.7 Å². The van der Waals surface area contributed by atoms with Crippen molar-refractivity contribution in [2.75, 3.05) is 45.8 Å². The first-order chi connectivity index (χ1) is 9.26. The summed E-state index contributed by atoms with van der Waals surface area (Å²) < 4.78 is 10.4. The molecule has 0 saturated carbocycles. The van der Waals surface area contributed by atoms with Crippen LogP contribution in [-0.4, -0.2) is 44.9 Å². The second-order valence-corrected chi connectivity index (χ2v) is 4.57. The molecular formula is C15H26N2O2. The molecule has 0 unspecified atom stereocenters. The predicted octanol–water partition coefficient (Wildman–Crippen LogP) is 2.14. The molecule has 0 amide bonds. The smallest absolute Gasteiger partial charge is 0.0700 e. The van der Waals surface area contributed by atoms with Gasteiger partial charge in [0, 0.05) is 32.5 Å². The van der Waals surface area contributed by atoms with Gasteiger partial charge in [-0.3, -0.25) is 4.90 Å². The lowest BCUT2D eigenvalue weighted by Crippen LogP contribution is -2.25. The number of nitrogens with zero attached hydrogens (tertiary/aromatic N) is 1. The SMILES string of the molecule is CCN(CCCOCCOC)Cc1cccc(N)c1. The molecule has 4 heteroatoms. The van der Waals surface area contributed by atoms with Crippen LogP contribution in [0.3, 0.4) is 0 Å². The van der Waals surface area contributed by atoms with Gasteiger partial charge >= 0.3 is 0 Å². The molecule has 2 N–H and O–H groups in total. The van der Waals surface area contributed by atoms with Crippen LogP contribution < -0.4 is 5.73 Å². The molecule has 0 spiro atoms. The molecule has 4 nitrogen and oxygen atoms in total. The van der Waals surface area contributed by atoms with Gasteiger partial charge in [-0.05, 0) is 30.7 Å². The summed E-state index contributed by atoms with van der Waals surface area (Å²) in [7, 11) is 1.69. The lowest BCUT2D eigenvalue weighted by atomic mass is 10.2. The average molecular weight is 266 g/mol. The van der Waals surface area contributed by atoms with Crippen LogP contribution in [0.15, 0.2) is 24.3 Å². The van der Waals surface area contributed by atoms with Crippen molar-refractivity contribution in [1.29, 1.82) is 0 Å². The van der Waals surface area contributed by atoms with Gasteiger partial charge in [0.05, 0.1) is 13.2 Å². The summed E-state index contributed by atoms with van der Waals surface area (Å²) in [4.78, 5) is 2.40. The molecule has 19 heavy (non-hydrogen) atoms. The van der Waals surface area contributed by atoms with E-state index in [1.807, 2.05) is 18.2 Å². The Morgan fingerprint density at radius 3 is 2.74 bits per heavy atom. The first-order valence-electron chi connectivity index (χ1n) is 6.89. The van der Waals surface area contributed by atoms with E-state index < -0.39 is 0 Å². The van der Waals surface area contributed by atoms with Crippen molar-refractivity contribution in [3.63, 3.8) is 0 Å². The van der Waals surface area contributed by atoms with Crippen LogP contribution in [0.1, 0.15) is 18.9 Å². The number of anilines is 1. The van der Waals surface area contributed by atoms with Crippen molar-refractivity contribution in [2.24, 2.45) is 0 Å². The zero-order valence-electron chi connectivity index (χ0n) is 12.1. The highest BCUT2D eigenvalue weighted by atomic mass is 16.5. The second-order valence-electron chi connectivity index (χ2n) is 4.57. The van der Waals surface area contributed by atoms with Crippen LogP contribution >= 0.6 is 0 Å². The molecular weight excluding hydrogens is 240 g/mol. The first-order valence-corrected chi connectivity index (χ1v) is 6.89. The molecule has 0 fully saturated rings.